The second kappa shape index (κ2) is 7.96. The van der Waals surface area contributed by atoms with Crippen molar-refractivity contribution >= 4 is 5.97 Å². The van der Waals surface area contributed by atoms with E-state index in [1.54, 1.807) is 0 Å². The van der Waals surface area contributed by atoms with Crippen LogP contribution in [0.4, 0.5) is 0 Å². The van der Waals surface area contributed by atoms with Crippen LogP contribution in [0.2, 0.25) is 0 Å². The lowest BCUT2D eigenvalue weighted by molar-refractivity contribution is -0.881. The third-order valence-electron chi connectivity index (χ3n) is 7.07. The van der Waals surface area contributed by atoms with E-state index in [0.29, 0.717) is 5.92 Å². The van der Waals surface area contributed by atoms with Crippen LogP contribution in [0.25, 0.3) is 0 Å². The summed E-state index contributed by atoms with van der Waals surface area (Å²) in [4.78, 5) is 11.1. The molecule has 0 aromatic rings. The number of aliphatic carboxylic acids is 1. The van der Waals surface area contributed by atoms with Crippen molar-refractivity contribution in [2.75, 3.05) is 54.4 Å². The monoisotopic (exact) mass is 354 g/mol. The number of quaternary nitrogens is 2. The summed E-state index contributed by atoms with van der Waals surface area (Å²) in [6.45, 7) is 9.39. The molecule has 0 aliphatic carbocycles. The number of likely N-dealkylation sites (tertiary alicyclic amines) is 2. The predicted molar refractivity (Wildman–Crippen MR) is 103 cm³/mol. The van der Waals surface area contributed by atoms with Crippen LogP contribution >= 0.6 is 0 Å². The molecule has 2 rings (SSSR count). The van der Waals surface area contributed by atoms with Crippen LogP contribution in [0.1, 0.15) is 46.0 Å². The van der Waals surface area contributed by atoms with Gasteiger partial charge in [-0.3, -0.25) is 4.79 Å². The third-order valence-corrected chi connectivity index (χ3v) is 7.07. The quantitative estimate of drug-likeness (QED) is 0.679. The fraction of sp³-hybridized carbons (Fsp3) is 0.952. The van der Waals surface area contributed by atoms with E-state index in [4.69, 9.17) is 0 Å². The minimum absolute atomic E-state index is 0.200. The Morgan fingerprint density at radius 2 is 1.28 bits per heavy atom. The zero-order chi connectivity index (χ0) is 18.8. The van der Waals surface area contributed by atoms with E-state index in [0.717, 1.165) is 35.1 Å². The molecule has 0 saturated carbocycles. The highest BCUT2D eigenvalue weighted by molar-refractivity contribution is 5.69. The van der Waals surface area contributed by atoms with E-state index in [1.807, 2.05) is 6.92 Å². The maximum atomic E-state index is 11.1. The van der Waals surface area contributed by atoms with Gasteiger partial charge in [-0.15, -0.1) is 0 Å². The van der Waals surface area contributed by atoms with Gasteiger partial charge in [-0.2, -0.15) is 0 Å². The van der Waals surface area contributed by atoms with Crippen molar-refractivity contribution in [3.8, 4) is 0 Å². The normalized spacial score (nSPS) is 35.0. The molecule has 25 heavy (non-hydrogen) atoms. The summed E-state index contributed by atoms with van der Waals surface area (Å²) in [5.41, 5.74) is 0. The molecule has 4 nitrogen and oxygen atoms in total. The first-order valence-corrected chi connectivity index (χ1v) is 10.4. The van der Waals surface area contributed by atoms with Gasteiger partial charge in [-0.25, -0.2) is 0 Å². The average Bonchev–Trinajstić information content (AvgIpc) is 2.97. The first kappa shape index (κ1) is 20.7. The van der Waals surface area contributed by atoms with Crippen molar-refractivity contribution in [2.45, 2.75) is 46.0 Å². The molecule has 5 unspecified atom stereocenters. The summed E-state index contributed by atoms with van der Waals surface area (Å²) < 4.78 is 2.30. The largest absolute Gasteiger partial charge is 0.481 e. The number of hydrogen-bond acceptors (Lipinski definition) is 1. The summed E-state index contributed by atoms with van der Waals surface area (Å²) in [7, 11) is 9.46. The van der Waals surface area contributed by atoms with Gasteiger partial charge >= 0.3 is 5.97 Å². The van der Waals surface area contributed by atoms with Gasteiger partial charge in [0.15, 0.2) is 0 Å². The molecular formula is C21H42N2O2+2. The van der Waals surface area contributed by atoms with Gasteiger partial charge in [0, 0.05) is 23.7 Å². The molecular weight excluding hydrogens is 312 g/mol. The van der Waals surface area contributed by atoms with E-state index in [2.05, 4.69) is 35.1 Å². The van der Waals surface area contributed by atoms with E-state index in [1.165, 1.54) is 49.9 Å². The minimum atomic E-state index is -0.639. The highest BCUT2D eigenvalue weighted by Crippen LogP contribution is 2.38. The van der Waals surface area contributed by atoms with Crippen LogP contribution in [-0.4, -0.2) is 74.4 Å². The van der Waals surface area contributed by atoms with Crippen molar-refractivity contribution in [1.29, 1.82) is 0 Å². The average molecular weight is 355 g/mol. The fourth-order valence-corrected chi connectivity index (χ4v) is 5.74. The lowest BCUT2D eigenvalue weighted by Crippen LogP contribution is -2.37. The molecule has 5 atom stereocenters. The van der Waals surface area contributed by atoms with E-state index >= 15 is 0 Å². The van der Waals surface area contributed by atoms with Crippen LogP contribution in [0.15, 0.2) is 0 Å². The van der Waals surface area contributed by atoms with Crippen LogP contribution in [0.3, 0.4) is 0 Å². The molecule has 0 radical (unpaired) electrons. The fourth-order valence-electron chi connectivity index (χ4n) is 5.74. The molecule has 1 N–H and O–H groups in total. The van der Waals surface area contributed by atoms with E-state index in [9.17, 15) is 9.90 Å². The van der Waals surface area contributed by atoms with Gasteiger partial charge in [0.1, 0.15) is 0 Å². The summed E-state index contributed by atoms with van der Waals surface area (Å²) in [5, 5.41) is 9.17. The smallest absolute Gasteiger partial charge is 0.306 e. The first-order valence-electron chi connectivity index (χ1n) is 10.4. The Hall–Kier alpha value is -0.610. The Labute approximate surface area is 155 Å². The maximum absolute atomic E-state index is 11.1. The number of rotatable bonds is 8. The van der Waals surface area contributed by atoms with Gasteiger partial charge in [-0.05, 0) is 32.1 Å². The third kappa shape index (κ3) is 5.68. The van der Waals surface area contributed by atoms with E-state index in [-0.39, 0.29) is 5.92 Å². The number of carboxylic acids is 1. The Kier molecular flexibility index (Phi) is 6.59. The number of nitrogens with zero attached hydrogens (tertiary/aromatic N) is 2. The molecule has 2 aliphatic heterocycles. The molecule has 0 aromatic heterocycles. The van der Waals surface area contributed by atoms with Crippen LogP contribution in [0, 0.1) is 29.6 Å². The second-order valence-electron chi connectivity index (χ2n) is 10.4. The highest BCUT2D eigenvalue weighted by atomic mass is 16.4. The zero-order valence-electron chi connectivity index (χ0n) is 17.5. The molecule has 0 spiro atoms. The maximum Gasteiger partial charge on any atom is 0.306 e. The molecule has 4 heteroatoms. The Morgan fingerprint density at radius 1 is 0.880 bits per heavy atom. The van der Waals surface area contributed by atoms with Gasteiger partial charge < -0.3 is 14.1 Å². The van der Waals surface area contributed by atoms with Crippen molar-refractivity contribution in [2.24, 2.45) is 29.6 Å². The van der Waals surface area contributed by atoms with Crippen molar-refractivity contribution in [3.05, 3.63) is 0 Å². The van der Waals surface area contributed by atoms with Crippen LogP contribution < -0.4 is 0 Å². The summed E-state index contributed by atoms with van der Waals surface area (Å²) in [5.74, 6) is 2.43. The van der Waals surface area contributed by atoms with Gasteiger partial charge in [-0.1, -0.05) is 13.8 Å². The van der Waals surface area contributed by atoms with Crippen molar-refractivity contribution < 1.29 is 18.9 Å². The molecule has 2 aliphatic rings. The zero-order valence-corrected chi connectivity index (χ0v) is 17.5. The van der Waals surface area contributed by atoms with Gasteiger partial charge in [0.25, 0.3) is 0 Å². The van der Waals surface area contributed by atoms with Gasteiger partial charge in [0.2, 0.25) is 0 Å². The molecule has 0 bridgehead atoms. The topological polar surface area (TPSA) is 37.3 Å². The number of carboxylic acid groups (broad SMARTS) is 1. The predicted octanol–water partition coefficient (Wildman–Crippen LogP) is 3.32. The standard InChI is InChI=1S/C21H41N2O2/c1-7-17-12-22(3,4)13-18(17)10-11-20-15-23(5,6)14-19(20)9-8-16(2)21(24)25/h16-20H,7-15H2,1-6H3/q+1/p+1. The Morgan fingerprint density at radius 3 is 1.72 bits per heavy atom. The van der Waals surface area contributed by atoms with E-state index < -0.39 is 5.97 Å². The Balaban J connectivity index is 1.90. The minimum Gasteiger partial charge on any atom is -0.481 e. The number of carbonyl (C=O) groups is 1. The summed E-state index contributed by atoms with van der Waals surface area (Å²) in [6.07, 6.45) is 5.95. The molecule has 0 amide bonds. The van der Waals surface area contributed by atoms with Crippen LogP contribution in [-0.2, 0) is 4.79 Å². The molecule has 2 fully saturated rings. The van der Waals surface area contributed by atoms with Crippen LogP contribution in [0.5, 0.6) is 0 Å². The molecule has 0 aromatic carbocycles. The van der Waals surface area contributed by atoms with Crippen molar-refractivity contribution in [1.82, 2.24) is 0 Å². The lowest BCUT2D eigenvalue weighted by Gasteiger charge is -2.24. The summed E-state index contributed by atoms with van der Waals surface area (Å²) >= 11 is 0. The lowest BCUT2D eigenvalue weighted by atomic mass is 9.82. The van der Waals surface area contributed by atoms with Gasteiger partial charge in [0.05, 0.1) is 60.3 Å². The van der Waals surface area contributed by atoms with Crippen molar-refractivity contribution in [3.63, 3.8) is 0 Å². The first-order chi connectivity index (χ1) is 11.5. The highest BCUT2D eigenvalue weighted by Gasteiger charge is 2.43. The molecule has 2 heterocycles. The Bertz CT molecular complexity index is 461. The molecule has 146 valence electrons. The molecule has 2 saturated heterocycles. The summed E-state index contributed by atoms with van der Waals surface area (Å²) in [6, 6.07) is 0. The number of hydrogen-bond donors (Lipinski definition) is 1. The second-order valence-corrected chi connectivity index (χ2v) is 10.4. The SMILES string of the molecule is CCC1C[N+](C)(C)CC1CCC1C[N+](C)(C)CC1CCC(C)C(=O)O.